The number of hydrogen-bond acceptors (Lipinski definition) is 3. The van der Waals surface area contributed by atoms with E-state index in [9.17, 15) is 4.79 Å². The van der Waals surface area contributed by atoms with Crippen molar-refractivity contribution in [2.75, 3.05) is 14.1 Å². The second-order valence-corrected chi connectivity index (χ2v) is 5.41. The Balaban J connectivity index is 2.70. The van der Waals surface area contributed by atoms with Gasteiger partial charge in [-0.1, -0.05) is 24.3 Å². The molecule has 0 radical (unpaired) electrons. The van der Waals surface area contributed by atoms with Gasteiger partial charge in [0.2, 0.25) is 5.91 Å². The van der Waals surface area contributed by atoms with Crippen molar-refractivity contribution >= 4 is 5.91 Å². The molecule has 4 nitrogen and oxygen atoms in total. The van der Waals surface area contributed by atoms with Crippen molar-refractivity contribution in [1.82, 2.24) is 10.2 Å². The Bertz CT molecular complexity index is 408. The SMILES string of the molecule is CN(C)Cc1ccccc1CNC(=O)C(C)(C)N. The van der Waals surface area contributed by atoms with Crippen LogP contribution in [0.4, 0.5) is 0 Å². The van der Waals surface area contributed by atoms with Crippen molar-refractivity contribution in [2.45, 2.75) is 32.5 Å². The van der Waals surface area contributed by atoms with Gasteiger partial charge in [-0.25, -0.2) is 0 Å². The Labute approximate surface area is 109 Å². The van der Waals surface area contributed by atoms with Gasteiger partial charge in [0.05, 0.1) is 5.54 Å². The van der Waals surface area contributed by atoms with Gasteiger partial charge in [0.1, 0.15) is 0 Å². The molecule has 3 N–H and O–H groups in total. The fourth-order valence-corrected chi connectivity index (χ4v) is 1.63. The van der Waals surface area contributed by atoms with E-state index in [0.717, 1.165) is 12.1 Å². The summed E-state index contributed by atoms with van der Waals surface area (Å²) in [5, 5.41) is 2.87. The Morgan fingerprint density at radius 2 is 1.83 bits per heavy atom. The van der Waals surface area contributed by atoms with E-state index in [1.165, 1.54) is 5.56 Å². The lowest BCUT2D eigenvalue weighted by Gasteiger charge is -2.19. The van der Waals surface area contributed by atoms with Crippen LogP contribution in [0.25, 0.3) is 0 Å². The predicted octanol–water partition coefficient (Wildman–Crippen LogP) is 1.10. The minimum atomic E-state index is -0.837. The number of rotatable bonds is 5. The number of hydrogen-bond donors (Lipinski definition) is 2. The predicted molar refractivity (Wildman–Crippen MR) is 73.9 cm³/mol. The van der Waals surface area contributed by atoms with Crippen molar-refractivity contribution in [2.24, 2.45) is 5.73 Å². The summed E-state index contributed by atoms with van der Waals surface area (Å²) in [7, 11) is 4.05. The number of carbonyl (C=O) groups excluding carboxylic acids is 1. The van der Waals surface area contributed by atoms with E-state index in [1.807, 2.05) is 32.3 Å². The summed E-state index contributed by atoms with van der Waals surface area (Å²) in [6.07, 6.45) is 0. The topological polar surface area (TPSA) is 58.4 Å². The van der Waals surface area contributed by atoms with Crippen molar-refractivity contribution in [3.63, 3.8) is 0 Å². The van der Waals surface area contributed by atoms with E-state index in [2.05, 4.69) is 16.3 Å². The van der Waals surface area contributed by atoms with Crippen molar-refractivity contribution in [3.05, 3.63) is 35.4 Å². The van der Waals surface area contributed by atoms with Crippen LogP contribution in [0, 0.1) is 0 Å². The Morgan fingerprint density at radius 1 is 1.28 bits per heavy atom. The normalized spacial score (nSPS) is 11.7. The van der Waals surface area contributed by atoms with Crippen molar-refractivity contribution in [1.29, 1.82) is 0 Å². The van der Waals surface area contributed by atoms with Crippen LogP contribution in [-0.2, 0) is 17.9 Å². The van der Waals surface area contributed by atoms with Crippen LogP contribution in [-0.4, -0.2) is 30.4 Å². The number of amides is 1. The van der Waals surface area contributed by atoms with E-state index >= 15 is 0 Å². The molecule has 0 saturated heterocycles. The zero-order valence-corrected chi connectivity index (χ0v) is 11.7. The third kappa shape index (κ3) is 4.47. The van der Waals surface area contributed by atoms with Crippen LogP contribution in [0.5, 0.6) is 0 Å². The maximum atomic E-state index is 11.7. The molecule has 1 amide bonds. The quantitative estimate of drug-likeness (QED) is 0.821. The second kappa shape index (κ2) is 5.98. The van der Waals surface area contributed by atoms with Gasteiger partial charge in [0, 0.05) is 13.1 Å². The van der Waals surface area contributed by atoms with Crippen LogP contribution >= 0.6 is 0 Å². The average Bonchev–Trinajstić information content (AvgIpc) is 2.25. The third-order valence-electron chi connectivity index (χ3n) is 2.63. The molecule has 1 rings (SSSR count). The zero-order valence-electron chi connectivity index (χ0n) is 11.7. The summed E-state index contributed by atoms with van der Waals surface area (Å²) >= 11 is 0. The molecule has 0 aliphatic carbocycles. The van der Waals surface area contributed by atoms with E-state index in [-0.39, 0.29) is 5.91 Å². The fraction of sp³-hybridized carbons (Fsp3) is 0.500. The maximum absolute atomic E-state index is 11.7. The molecule has 18 heavy (non-hydrogen) atoms. The van der Waals surface area contributed by atoms with Gasteiger partial charge < -0.3 is 16.0 Å². The molecule has 1 aromatic carbocycles. The molecule has 0 unspecified atom stereocenters. The summed E-state index contributed by atoms with van der Waals surface area (Å²) in [6, 6.07) is 8.10. The molecular formula is C14H23N3O. The monoisotopic (exact) mass is 249 g/mol. The zero-order chi connectivity index (χ0) is 13.8. The highest BCUT2D eigenvalue weighted by molar-refractivity contribution is 5.85. The van der Waals surface area contributed by atoms with Gasteiger partial charge in [0.15, 0.2) is 0 Å². The first-order chi connectivity index (χ1) is 8.30. The molecule has 0 saturated carbocycles. The summed E-state index contributed by atoms with van der Waals surface area (Å²) < 4.78 is 0. The molecule has 4 heteroatoms. The Morgan fingerprint density at radius 3 is 2.33 bits per heavy atom. The fourth-order valence-electron chi connectivity index (χ4n) is 1.63. The highest BCUT2D eigenvalue weighted by atomic mass is 16.2. The molecule has 100 valence electrons. The minimum Gasteiger partial charge on any atom is -0.350 e. The highest BCUT2D eigenvalue weighted by Gasteiger charge is 2.21. The molecule has 0 fully saturated rings. The van der Waals surface area contributed by atoms with Gasteiger partial charge in [-0.05, 0) is 39.1 Å². The number of nitrogens with two attached hydrogens (primary N) is 1. The molecule has 0 atom stereocenters. The Hall–Kier alpha value is -1.39. The van der Waals surface area contributed by atoms with Gasteiger partial charge in [-0.15, -0.1) is 0 Å². The van der Waals surface area contributed by atoms with E-state index in [1.54, 1.807) is 13.8 Å². The van der Waals surface area contributed by atoms with Crippen LogP contribution < -0.4 is 11.1 Å². The largest absolute Gasteiger partial charge is 0.350 e. The summed E-state index contributed by atoms with van der Waals surface area (Å²) in [5.41, 5.74) is 7.25. The molecular weight excluding hydrogens is 226 g/mol. The van der Waals surface area contributed by atoms with E-state index in [0.29, 0.717) is 6.54 Å². The molecule has 0 aromatic heterocycles. The number of carbonyl (C=O) groups is 1. The van der Waals surface area contributed by atoms with Gasteiger partial charge in [-0.3, -0.25) is 4.79 Å². The Kier molecular flexibility index (Phi) is 4.87. The number of nitrogens with zero attached hydrogens (tertiary/aromatic N) is 1. The molecule has 0 bridgehead atoms. The lowest BCUT2D eigenvalue weighted by atomic mass is 10.0. The van der Waals surface area contributed by atoms with Crippen molar-refractivity contribution < 1.29 is 4.79 Å². The standard InChI is InChI=1S/C14H23N3O/c1-14(2,15)13(18)16-9-11-7-5-6-8-12(11)10-17(3)4/h5-8H,9-10,15H2,1-4H3,(H,16,18). The lowest BCUT2D eigenvalue weighted by molar-refractivity contribution is -0.125. The molecule has 0 heterocycles. The highest BCUT2D eigenvalue weighted by Crippen LogP contribution is 2.10. The van der Waals surface area contributed by atoms with Crippen LogP contribution in [0.1, 0.15) is 25.0 Å². The summed E-state index contributed by atoms with van der Waals surface area (Å²) in [4.78, 5) is 13.8. The molecule has 0 spiro atoms. The average molecular weight is 249 g/mol. The summed E-state index contributed by atoms with van der Waals surface area (Å²) in [5.74, 6) is -0.137. The lowest BCUT2D eigenvalue weighted by Crippen LogP contribution is -2.48. The first kappa shape index (κ1) is 14.7. The van der Waals surface area contributed by atoms with E-state index < -0.39 is 5.54 Å². The third-order valence-corrected chi connectivity index (χ3v) is 2.63. The molecule has 0 aliphatic heterocycles. The van der Waals surface area contributed by atoms with Gasteiger partial charge >= 0.3 is 0 Å². The van der Waals surface area contributed by atoms with E-state index in [4.69, 9.17) is 5.73 Å². The molecule has 0 aliphatic rings. The molecule has 1 aromatic rings. The van der Waals surface area contributed by atoms with Gasteiger partial charge in [0.25, 0.3) is 0 Å². The number of nitrogens with one attached hydrogen (secondary N) is 1. The second-order valence-electron chi connectivity index (χ2n) is 5.41. The van der Waals surface area contributed by atoms with Crippen LogP contribution in [0.15, 0.2) is 24.3 Å². The number of benzene rings is 1. The summed E-state index contributed by atoms with van der Waals surface area (Å²) in [6.45, 7) is 4.78. The maximum Gasteiger partial charge on any atom is 0.239 e. The first-order valence-corrected chi connectivity index (χ1v) is 6.09. The van der Waals surface area contributed by atoms with Gasteiger partial charge in [-0.2, -0.15) is 0 Å². The van der Waals surface area contributed by atoms with Crippen molar-refractivity contribution in [3.8, 4) is 0 Å². The van der Waals surface area contributed by atoms with Crippen LogP contribution in [0.3, 0.4) is 0 Å². The first-order valence-electron chi connectivity index (χ1n) is 6.09. The smallest absolute Gasteiger partial charge is 0.239 e. The minimum absolute atomic E-state index is 0.137. The van der Waals surface area contributed by atoms with Crippen LogP contribution in [0.2, 0.25) is 0 Å².